The largest absolute Gasteiger partial charge is 0.378 e. The summed E-state index contributed by atoms with van der Waals surface area (Å²) in [5.74, 6) is 0. The van der Waals surface area contributed by atoms with Crippen molar-refractivity contribution >= 4 is 0 Å². The average molecular weight is 236 g/mol. The fourth-order valence-electron chi connectivity index (χ4n) is 2.82. The Labute approximate surface area is 105 Å². The van der Waals surface area contributed by atoms with E-state index < -0.39 is 0 Å². The van der Waals surface area contributed by atoms with Crippen LogP contribution in [-0.4, -0.2) is 25.3 Å². The Bertz CT molecular complexity index is 315. The summed E-state index contributed by atoms with van der Waals surface area (Å²) in [7, 11) is 0. The van der Waals surface area contributed by atoms with Crippen molar-refractivity contribution in [2.75, 3.05) is 13.2 Å². The first-order valence-corrected chi connectivity index (χ1v) is 6.76. The Balaban J connectivity index is 1.77. The van der Waals surface area contributed by atoms with E-state index in [-0.39, 0.29) is 5.41 Å². The maximum Gasteiger partial charge on any atom is 0.0655 e. The molecule has 0 amide bonds. The summed E-state index contributed by atoms with van der Waals surface area (Å²) in [6.45, 7) is 8.42. The minimum Gasteiger partial charge on any atom is -0.378 e. The average Bonchev–Trinajstić information content (AvgIpc) is 3.03. The van der Waals surface area contributed by atoms with Gasteiger partial charge in [0, 0.05) is 31.0 Å². The lowest BCUT2D eigenvalue weighted by molar-refractivity contribution is -0.114. The van der Waals surface area contributed by atoms with Gasteiger partial charge in [-0.15, -0.1) is 0 Å². The Morgan fingerprint density at radius 3 is 2.59 bits per heavy atom. The molecular weight excluding hydrogens is 212 g/mol. The van der Waals surface area contributed by atoms with E-state index in [4.69, 9.17) is 10.00 Å². The lowest BCUT2D eigenvalue weighted by atomic mass is 9.64. The first kappa shape index (κ1) is 12.9. The summed E-state index contributed by atoms with van der Waals surface area (Å²) in [6, 6.07) is 2.87. The number of rotatable bonds is 6. The molecule has 2 saturated carbocycles. The van der Waals surface area contributed by atoms with Gasteiger partial charge in [0.05, 0.1) is 12.2 Å². The van der Waals surface area contributed by atoms with E-state index in [1.165, 1.54) is 12.8 Å². The van der Waals surface area contributed by atoms with Crippen molar-refractivity contribution < 1.29 is 4.74 Å². The topological polar surface area (TPSA) is 45.0 Å². The first-order valence-electron chi connectivity index (χ1n) is 6.76. The molecule has 0 bridgehead atoms. The summed E-state index contributed by atoms with van der Waals surface area (Å²) >= 11 is 0. The molecule has 0 saturated heterocycles. The van der Waals surface area contributed by atoms with E-state index in [1.54, 1.807) is 0 Å². The van der Waals surface area contributed by atoms with Crippen molar-refractivity contribution in [3.8, 4) is 6.07 Å². The lowest BCUT2D eigenvalue weighted by Crippen LogP contribution is -2.61. The van der Waals surface area contributed by atoms with E-state index >= 15 is 0 Å². The van der Waals surface area contributed by atoms with Crippen LogP contribution in [0.2, 0.25) is 0 Å². The molecule has 0 radical (unpaired) electrons. The maximum absolute atomic E-state index is 8.80. The highest BCUT2D eigenvalue weighted by atomic mass is 16.5. The number of hydrogen-bond donors (Lipinski definition) is 1. The molecule has 2 fully saturated rings. The second kappa shape index (κ2) is 4.59. The molecule has 0 aromatic rings. The van der Waals surface area contributed by atoms with Crippen molar-refractivity contribution in [2.45, 2.75) is 58.6 Å². The fraction of sp³-hybridized carbons (Fsp3) is 0.929. The third kappa shape index (κ3) is 2.48. The zero-order valence-corrected chi connectivity index (χ0v) is 11.3. The van der Waals surface area contributed by atoms with Crippen LogP contribution in [0.3, 0.4) is 0 Å². The number of hydrogen-bond acceptors (Lipinski definition) is 3. The van der Waals surface area contributed by atoms with E-state index in [0.717, 1.165) is 19.6 Å². The van der Waals surface area contributed by atoms with Crippen molar-refractivity contribution in [3.63, 3.8) is 0 Å². The van der Waals surface area contributed by atoms with Crippen LogP contribution in [0.1, 0.15) is 46.5 Å². The molecule has 96 valence electrons. The number of nitrogens with one attached hydrogen (secondary N) is 1. The van der Waals surface area contributed by atoms with Crippen LogP contribution >= 0.6 is 0 Å². The van der Waals surface area contributed by atoms with Crippen LogP contribution in [0.4, 0.5) is 0 Å². The summed E-state index contributed by atoms with van der Waals surface area (Å²) < 4.78 is 5.73. The Hall–Kier alpha value is -0.590. The van der Waals surface area contributed by atoms with Gasteiger partial charge in [-0.1, -0.05) is 13.8 Å². The standard InChI is InChI=1S/C14H24N2O/c1-4-17-12-9-11(13(12,2)3)16-10-14(5-6-14)7-8-15/h11-12,16H,4-7,9-10H2,1-3H3. The van der Waals surface area contributed by atoms with Gasteiger partial charge in [0.1, 0.15) is 0 Å². The molecule has 0 aliphatic heterocycles. The minimum absolute atomic E-state index is 0.235. The third-order valence-corrected chi connectivity index (χ3v) is 4.68. The van der Waals surface area contributed by atoms with Gasteiger partial charge in [-0.25, -0.2) is 0 Å². The Morgan fingerprint density at radius 1 is 1.41 bits per heavy atom. The van der Waals surface area contributed by atoms with Crippen LogP contribution in [0.5, 0.6) is 0 Å². The molecule has 2 aliphatic carbocycles. The highest BCUT2D eigenvalue weighted by Crippen LogP contribution is 2.49. The van der Waals surface area contributed by atoms with Gasteiger partial charge < -0.3 is 10.1 Å². The first-order chi connectivity index (χ1) is 8.04. The minimum atomic E-state index is 0.235. The lowest BCUT2D eigenvalue weighted by Gasteiger charge is -2.52. The van der Waals surface area contributed by atoms with Gasteiger partial charge in [0.15, 0.2) is 0 Å². The smallest absolute Gasteiger partial charge is 0.0655 e. The van der Waals surface area contributed by atoms with Gasteiger partial charge in [0.25, 0.3) is 0 Å². The molecule has 2 aliphatic rings. The van der Waals surface area contributed by atoms with Crippen molar-refractivity contribution in [3.05, 3.63) is 0 Å². The van der Waals surface area contributed by atoms with Gasteiger partial charge in [0.2, 0.25) is 0 Å². The molecule has 17 heavy (non-hydrogen) atoms. The summed E-state index contributed by atoms with van der Waals surface area (Å²) in [6.07, 6.45) is 4.66. The number of nitriles is 1. The van der Waals surface area contributed by atoms with E-state index in [0.29, 0.717) is 24.0 Å². The predicted octanol–water partition coefficient (Wildman–Crippen LogP) is 2.47. The van der Waals surface area contributed by atoms with Crippen LogP contribution < -0.4 is 5.32 Å². The van der Waals surface area contributed by atoms with Gasteiger partial charge in [-0.2, -0.15) is 5.26 Å². The SMILES string of the molecule is CCOC1CC(NCC2(CC#N)CC2)C1(C)C. The van der Waals surface area contributed by atoms with E-state index in [2.05, 4.69) is 32.2 Å². The van der Waals surface area contributed by atoms with Crippen molar-refractivity contribution in [1.29, 1.82) is 5.26 Å². The summed E-state index contributed by atoms with van der Waals surface area (Å²) in [4.78, 5) is 0. The van der Waals surface area contributed by atoms with Crippen molar-refractivity contribution in [1.82, 2.24) is 5.32 Å². The summed E-state index contributed by atoms with van der Waals surface area (Å²) in [5, 5.41) is 12.4. The zero-order chi connectivity index (χ0) is 12.5. The molecule has 1 N–H and O–H groups in total. The van der Waals surface area contributed by atoms with Gasteiger partial charge in [-0.05, 0) is 31.6 Å². The van der Waals surface area contributed by atoms with Crippen LogP contribution in [0.15, 0.2) is 0 Å². The third-order valence-electron chi connectivity index (χ3n) is 4.68. The number of ether oxygens (including phenoxy) is 1. The molecule has 3 nitrogen and oxygen atoms in total. The second-order valence-corrected chi connectivity index (χ2v) is 6.27. The Kier molecular flexibility index (Phi) is 3.47. The van der Waals surface area contributed by atoms with Gasteiger partial charge in [-0.3, -0.25) is 0 Å². The van der Waals surface area contributed by atoms with Crippen LogP contribution in [0, 0.1) is 22.2 Å². The normalized spacial score (nSPS) is 32.6. The molecular formula is C14H24N2O. The molecule has 0 aromatic heterocycles. The maximum atomic E-state index is 8.80. The van der Waals surface area contributed by atoms with Crippen molar-refractivity contribution in [2.24, 2.45) is 10.8 Å². The van der Waals surface area contributed by atoms with E-state index in [9.17, 15) is 0 Å². The zero-order valence-electron chi connectivity index (χ0n) is 11.3. The van der Waals surface area contributed by atoms with Crippen LogP contribution in [-0.2, 0) is 4.74 Å². The number of nitrogens with zero attached hydrogens (tertiary/aromatic N) is 1. The Morgan fingerprint density at radius 2 is 2.12 bits per heavy atom. The van der Waals surface area contributed by atoms with Crippen LogP contribution in [0.25, 0.3) is 0 Å². The van der Waals surface area contributed by atoms with Gasteiger partial charge >= 0.3 is 0 Å². The fourth-order valence-corrected chi connectivity index (χ4v) is 2.82. The molecule has 0 spiro atoms. The monoisotopic (exact) mass is 236 g/mol. The van der Waals surface area contributed by atoms with E-state index in [1.807, 2.05) is 0 Å². The second-order valence-electron chi connectivity index (χ2n) is 6.27. The molecule has 2 unspecified atom stereocenters. The molecule has 0 heterocycles. The highest BCUT2D eigenvalue weighted by Gasteiger charge is 2.50. The predicted molar refractivity (Wildman–Crippen MR) is 67.5 cm³/mol. The summed E-state index contributed by atoms with van der Waals surface area (Å²) in [5.41, 5.74) is 0.542. The molecule has 0 aromatic carbocycles. The molecule has 2 atom stereocenters. The molecule has 2 rings (SSSR count). The highest BCUT2D eigenvalue weighted by molar-refractivity contribution is 5.06. The molecule has 3 heteroatoms. The quantitative estimate of drug-likeness (QED) is 0.770.